The lowest BCUT2D eigenvalue weighted by Crippen LogP contribution is -2.51. The minimum atomic E-state index is 0.183. The van der Waals surface area contributed by atoms with Crippen molar-refractivity contribution in [2.75, 3.05) is 26.3 Å². The van der Waals surface area contributed by atoms with Gasteiger partial charge in [-0.05, 0) is 12.8 Å². The molecule has 0 aromatic heterocycles. The van der Waals surface area contributed by atoms with Crippen LogP contribution in [0.1, 0.15) is 123 Å². The maximum Gasteiger partial charge on any atom is 0.221 e. The Hall–Kier alpha value is -0.610. The third-order valence-corrected chi connectivity index (χ3v) is 6.21. The molecule has 1 aliphatic rings. The van der Waals surface area contributed by atoms with Gasteiger partial charge in [0.2, 0.25) is 5.91 Å². The fourth-order valence-corrected chi connectivity index (χ4v) is 4.26. The van der Waals surface area contributed by atoms with Crippen molar-refractivity contribution in [2.45, 2.75) is 129 Å². The van der Waals surface area contributed by atoms with Crippen LogP contribution in [0.2, 0.25) is 0 Å². The third kappa shape index (κ3) is 14.9. The number of hydrogen-bond donors (Lipinski definition) is 1. The summed E-state index contributed by atoms with van der Waals surface area (Å²) in [6.45, 7) is 7.85. The molecule has 0 aliphatic carbocycles. The Bertz CT molecular complexity index is 370. The summed E-state index contributed by atoms with van der Waals surface area (Å²) in [5, 5.41) is 3.22. The van der Waals surface area contributed by atoms with E-state index in [0.717, 1.165) is 39.1 Å². The Morgan fingerprint density at radius 2 is 1.21 bits per heavy atom. The molecule has 0 radical (unpaired) electrons. The fourth-order valence-electron chi connectivity index (χ4n) is 4.26. The van der Waals surface area contributed by atoms with Crippen LogP contribution >= 0.6 is 0 Å². The van der Waals surface area contributed by atoms with Crippen LogP contribution in [0.5, 0.6) is 0 Å². The molecule has 1 rings (SSSR count). The number of nitrogens with one attached hydrogen (secondary N) is 1. The van der Waals surface area contributed by atoms with E-state index in [4.69, 9.17) is 4.74 Å². The van der Waals surface area contributed by atoms with E-state index in [-0.39, 0.29) is 12.1 Å². The zero-order valence-corrected chi connectivity index (χ0v) is 19.7. The summed E-state index contributed by atoms with van der Waals surface area (Å²) in [5.74, 6) is 0.220. The van der Waals surface area contributed by atoms with Crippen LogP contribution in [0.4, 0.5) is 0 Å². The molecule has 4 nitrogen and oxygen atoms in total. The van der Waals surface area contributed by atoms with Crippen molar-refractivity contribution >= 4 is 5.91 Å². The van der Waals surface area contributed by atoms with E-state index in [1.165, 1.54) is 89.9 Å². The zero-order chi connectivity index (χ0) is 21.0. The summed E-state index contributed by atoms with van der Waals surface area (Å²) in [7, 11) is 0. The second-order valence-corrected chi connectivity index (χ2v) is 8.84. The minimum Gasteiger partial charge on any atom is -0.379 e. The Morgan fingerprint density at radius 3 is 1.66 bits per heavy atom. The first kappa shape index (κ1) is 26.4. The summed E-state index contributed by atoms with van der Waals surface area (Å²) in [4.78, 5) is 14.6. The van der Waals surface area contributed by atoms with E-state index < -0.39 is 0 Å². The number of unbranched alkanes of at least 4 members (excludes halogenated alkanes) is 14. The predicted octanol–water partition coefficient (Wildman–Crippen LogP) is 6.43. The molecule has 0 saturated carbocycles. The van der Waals surface area contributed by atoms with E-state index in [2.05, 4.69) is 24.1 Å². The van der Waals surface area contributed by atoms with Crippen LogP contribution in [0, 0.1) is 0 Å². The van der Waals surface area contributed by atoms with Crippen molar-refractivity contribution in [1.82, 2.24) is 10.2 Å². The Balaban J connectivity index is 1.84. The van der Waals surface area contributed by atoms with Gasteiger partial charge in [-0.3, -0.25) is 9.69 Å². The molecular formula is C25H50N2O2. The van der Waals surface area contributed by atoms with Gasteiger partial charge in [0.05, 0.1) is 19.4 Å². The third-order valence-electron chi connectivity index (χ3n) is 6.21. The van der Waals surface area contributed by atoms with Gasteiger partial charge in [-0.1, -0.05) is 104 Å². The van der Waals surface area contributed by atoms with Crippen molar-refractivity contribution in [2.24, 2.45) is 0 Å². The summed E-state index contributed by atoms with van der Waals surface area (Å²) < 4.78 is 5.41. The fraction of sp³-hybridized carbons (Fsp3) is 0.960. The highest BCUT2D eigenvalue weighted by Gasteiger charge is 2.20. The zero-order valence-electron chi connectivity index (χ0n) is 19.7. The van der Waals surface area contributed by atoms with Gasteiger partial charge in [0.15, 0.2) is 0 Å². The highest BCUT2D eigenvalue weighted by Crippen LogP contribution is 2.14. The first-order valence-corrected chi connectivity index (χ1v) is 12.9. The number of carbonyl (C=O) groups is 1. The van der Waals surface area contributed by atoms with Crippen LogP contribution in [-0.2, 0) is 9.53 Å². The van der Waals surface area contributed by atoms with Crippen LogP contribution in [0.25, 0.3) is 0 Å². The molecule has 0 bridgehead atoms. The average molecular weight is 411 g/mol. The molecule has 1 aliphatic heterocycles. The lowest BCUT2D eigenvalue weighted by Gasteiger charge is -2.34. The van der Waals surface area contributed by atoms with Gasteiger partial charge in [0.1, 0.15) is 0 Å². The molecule has 1 amide bonds. The first-order chi connectivity index (χ1) is 14.3. The maximum atomic E-state index is 12.2. The van der Waals surface area contributed by atoms with Crippen molar-refractivity contribution in [3.63, 3.8) is 0 Å². The predicted molar refractivity (Wildman–Crippen MR) is 124 cm³/mol. The molecule has 1 atom stereocenters. The topological polar surface area (TPSA) is 41.6 Å². The van der Waals surface area contributed by atoms with Crippen LogP contribution < -0.4 is 5.32 Å². The Labute approximate surface area is 181 Å². The molecule has 1 saturated heterocycles. The van der Waals surface area contributed by atoms with E-state index in [0.29, 0.717) is 6.42 Å². The Morgan fingerprint density at radius 1 is 0.759 bits per heavy atom. The molecule has 0 aromatic carbocycles. The number of amides is 1. The SMILES string of the molecule is CCCCCCCCCCCCCCCCCC(=O)NC(CC)N1CCOCC1. The largest absolute Gasteiger partial charge is 0.379 e. The van der Waals surface area contributed by atoms with Gasteiger partial charge in [-0.25, -0.2) is 0 Å². The highest BCUT2D eigenvalue weighted by molar-refractivity contribution is 5.76. The second-order valence-electron chi connectivity index (χ2n) is 8.84. The van der Waals surface area contributed by atoms with Crippen molar-refractivity contribution < 1.29 is 9.53 Å². The maximum absolute atomic E-state index is 12.2. The number of ether oxygens (including phenoxy) is 1. The molecule has 29 heavy (non-hydrogen) atoms. The smallest absolute Gasteiger partial charge is 0.221 e. The molecule has 172 valence electrons. The Kier molecular flexibility index (Phi) is 17.6. The minimum absolute atomic E-state index is 0.183. The lowest BCUT2D eigenvalue weighted by molar-refractivity contribution is -0.124. The van der Waals surface area contributed by atoms with Crippen molar-refractivity contribution in [3.8, 4) is 0 Å². The van der Waals surface area contributed by atoms with Gasteiger partial charge in [-0.2, -0.15) is 0 Å². The normalized spacial score (nSPS) is 16.1. The molecule has 0 spiro atoms. The molecule has 1 unspecified atom stereocenters. The number of hydrogen-bond acceptors (Lipinski definition) is 3. The van der Waals surface area contributed by atoms with Crippen LogP contribution in [0.3, 0.4) is 0 Å². The number of rotatable bonds is 19. The first-order valence-electron chi connectivity index (χ1n) is 12.9. The van der Waals surface area contributed by atoms with Gasteiger partial charge in [0, 0.05) is 19.5 Å². The molecule has 4 heteroatoms. The van der Waals surface area contributed by atoms with Crippen LogP contribution in [0.15, 0.2) is 0 Å². The summed E-state index contributed by atoms with van der Waals surface area (Å²) in [6.07, 6.45) is 22.2. The van der Waals surface area contributed by atoms with Gasteiger partial charge in [0.25, 0.3) is 0 Å². The monoisotopic (exact) mass is 410 g/mol. The number of morpholine rings is 1. The lowest BCUT2D eigenvalue weighted by atomic mass is 10.0. The van der Waals surface area contributed by atoms with Crippen molar-refractivity contribution in [3.05, 3.63) is 0 Å². The number of carbonyl (C=O) groups excluding carboxylic acids is 1. The van der Waals surface area contributed by atoms with E-state index in [1.54, 1.807) is 0 Å². The van der Waals surface area contributed by atoms with Gasteiger partial charge >= 0.3 is 0 Å². The molecule has 1 fully saturated rings. The van der Waals surface area contributed by atoms with Crippen molar-refractivity contribution in [1.29, 1.82) is 0 Å². The second kappa shape index (κ2) is 19.4. The summed E-state index contributed by atoms with van der Waals surface area (Å²) >= 11 is 0. The number of nitrogens with zero attached hydrogens (tertiary/aromatic N) is 1. The molecular weight excluding hydrogens is 360 g/mol. The standard InChI is InChI=1S/C25H50N2O2/c1-3-5-6-7-8-9-10-11-12-13-14-15-16-17-18-19-25(28)26-24(4-2)27-20-22-29-23-21-27/h24H,3-23H2,1-2H3,(H,26,28). The molecule has 1 heterocycles. The highest BCUT2D eigenvalue weighted by atomic mass is 16.5. The van der Waals surface area contributed by atoms with Crippen LogP contribution in [-0.4, -0.2) is 43.3 Å². The van der Waals surface area contributed by atoms with Gasteiger partial charge in [-0.15, -0.1) is 0 Å². The summed E-state index contributed by atoms with van der Waals surface area (Å²) in [5.41, 5.74) is 0. The molecule has 0 aromatic rings. The average Bonchev–Trinajstić information content (AvgIpc) is 2.75. The molecule has 1 N–H and O–H groups in total. The quantitative estimate of drug-likeness (QED) is 0.249. The van der Waals surface area contributed by atoms with E-state index in [1.807, 2.05) is 0 Å². The summed E-state index contributed by atoms with van der Waals surface area (Å²) in [6, 6.07) is 0. The van der Waals surface area contributed by atoms with E-state index >= 15 is 0 Å². The van der Waals surface area contributed by atoms with Gasteiger partial charge < -0.3 is 10.1 Å². The van der Waals surface area contributed by atoms with E-state index in [9.17, 15) is 4.79 Å².